The van der Waals surface area contributed by atoms with Crippen LogP contribution in [-0.2, 0) is 16.4 Å². The predicted octanol–water partition coefficient (Wildman–Crippen LogP) is 2.28. The van der Waals surface area contributed by atoms with Crippen LogP contribution in [0.1, 0.15) is 28.5 Å². The van der Waals surface area contributed by atoms with Gasteiger partial charge in [0.25, 0.3) is 5.91 Å². The summed E-state index contributed by atoms with van der Waals surface area (Å²) in [6.07, 6.45) is 3.89. The van der Waals surface area contributed by atoms with Gasteiger partial charge in [0.2, 0.25) is 10.0 Å². The average Bonchev–Trinajstić information content (AvgIpc) is 3.23. The van der Waals surface area contributed by atoms with Crippen molar-refractivity contribution in [1.82, 2.24) is 24.0 Å². The van der Waals surface area contributed by atoms with Crippen molar-refractivity contribution in [2.45, 2.75) is 25.2 Å². The molecule has 2 aromatic heterocycles. The zero-order valence-corrected chi connectivity index (χ0v) is 18.4. The molecule has 9 heteroatoms. The molecule has 0 aliphatic carbocycles. The Bertz CT molecular complexity index is 1170. The smallest absolute Gasteiger partial charge is 0.257 e. The van der Waals surface area contributed by atoms with E-state index in [1.54, 1.807) is 46.2 Å². The van der Waals surface area contributed by atoms with E-state index < -0.39 is 10.0 Å². The largest absolute Gasteiger partial charge is 0.336 e. The van der Waals surface area contributed by atoms with Gasteiger partial charge in [-0.2, -0.15) is 9.40 Å². The molecule has 0 saturated carbocycles. The van der Waals surface area contributed by atoms with Gasteiger partial charge in [-0.05, 0) is 37.6 Å². The fraction of sp³-hybridized carbons (Fsp3) is 0.318. The van der Waals surface area contributed by atoms with Crippen molar-refractivity contribution in [3.8, 4) is 5.82 Å². The number of carbonyl (C=O) groups is 1. The summed E-state index contributed by atoms with van der Waals surface area (Å²) in [5.41, 5.74) is 2.33. The SMILES string of the molecule is CCc1c(C(=O)N2CCN(S(=O)(=O)c3ccc(C)cc3)CC2)cnn1-c1ccccn1. The van der Waals surface area contributed by atoms with Crippen molar-refractivity contribution in [1.29, 1.82) is 0 Å². The molecule has 0 bridgehead atoms. The third-order valence-electron chi connectivity index (χ3n) is 5.49. The maximum atomic E-state index is 13.2. The molecule has 3 heterocycles. The first-order valence-corrected chi connectivity index (χ1v) is 11.7. The van der Waals surface area contributed by atoms with Gasteiger partial charge >= 0.3 is 0 Å². The highest BCUT2D eigenvalue weighted by Gasteiger charge is 2.31. The van der Waals surface area contributed by atoms with Gasteiger partial charge in [-0.15, -0.1) is 0 Å². The number of carbonyl (C=O) groups excluding carboxylic acids is 1. The monoisotopic (exact) mass is 439 g/mol. The summed E-state index contributed by atoms with van der Waals surface area (Å²) in [6, 6.07) is 12.4. The normalized spacial score (nSPS) is 15.2. The number of rotatable bonds is 5. The number of hydrogen-bond donors (Lipinski definition) is 0. The molecule has 1 aliphatic heterocycles. The maximum Gasteiger partial charge on any atom is 0.257 e. The van der Waals surface area contributed by atoms with Gasteiger partial charge in [0.1, 0.15) is 0 Å². The summed E-state index contributed by atoms with van der Waals surface area (Å²) in [5.74, 6) is 0.527. The molecule has 0 spiro atoms. The highest BCUT2D eigenvalue weighted by atomic mass is 32.2. The lowest BCUT2D eigenvalue weighted by Crippen LogP contribution is -2.50. The Kier molecular flexibility index (Phi) is 5.88. The van der Waals surface area contributed by atoms with Gasteiger partial charge in [-0.3, -0.25) is 4.79 Å². The first-order chi connectivity index (χ1) is 14.9. The number of pyridine rings is 1. The number of amides is 1. The molecular formula is C22H25N5O3S. The van der Waals surface area contributed by atoms with E-state index in [1.807, 2.05) is 32.0 Å². The molecular weight excluding hydrogens is 414 g/mol. The second kappa shape index (κ2) is 8.60. The van der Waals surface area contributed by atoms with E-state index in [9.17, 15) is 13.2 Å². The molecule has 0 unspecified atom stereocenters. The Morgan fingerprint density at radius 2 is 1.74 bits per heavy atom. The molecule has 0 radical (unpaired) electrons. The van der Waals surface area contributed by atoms with Crippen LogP contribution in [0.3, 0.4) is 0 Å². The van der Waals surface area contributed by atoms with Gasteiger partial charge in [0.15, 0.2) is 5.82 Å². The summed E-state index contributed by atoms with van der Waals surface area (Å²) in [5, 5.41) is 4.37. The van der Waals surface area contributed by atoms with Gasteiger partial charge < -0.3 is 4.90 Å². The quantitative estimate of drug-likeness (QED) is 0.609. The topological polar surface area (TPSA) is 88.4 Å². The molecule has 31 heavy (non-hydrogen) atoms. The van der Waals surface area contributed by atoms with E-state index in [-0.39, 0.29) is 23.9 Å². The standard InChI is InChI=1S/C22H25N5O3S/c1-3-20-19(16-24-27(20)21-6-4-5-11-23-21)22(28)25-12-14-26(15-13-25)31(29,30)18-9-7-17(2)8-10-18/h4-11,16H,3,12-15H2,1-2H3. The average molecular weight is 440 g/mol. The number of benzene rings is 1. The van der Waals surface area contributed by atoms with E-state index in [4.69, 9.17) is 0 Å². The maximum absolute atomic E-state index is 13.2. The third-order valence-corrected chi connectivity index (χ3v) is 7.40. The Morgan fingerprint density at radius 3 is 2.35 bits per heavy atom. The number of aryl methyl sites for hydroxylation is 1. The number of sulfonamides is 1. The van der Waals surface area contributed by atoms with Crippen molar-refractivity contribution in [2.75, 3.05) is 26.2 Å². The highest BCUT2D eigenvalue weighted by Crippen LogP contribution is 2.21. The summed E-state index contributed by atoms with van der Waals surface area (Å²) in [4.78, 5) is 19.5. The van der Waals surface area contributed by atoms with E-state index in [0.29, 0.717) is 30.9 Å². The van der Waals surface area contributed by atoms with Crippen LogP contribution < -0.4 is 0 Å². The third kappa shape index (κ3) is 4.11. The van der Waals surface area contributed by atoms with Crippen LogP contribution in [0.25, 0.3) is 5.82 Å². The fourth-order valence-electron chi connectivity index (χ4n) is 3.73. The minimum Gasteiger partial charge on any atom is -0.336 e. The van der Waals surface area contributed by atoms with Gasteiger partial charge in [-0.25, -0.2) is 18.1 Å². The van der Waals surface area contributed by atoms with Crippen LogP contribution in [0.5, 0.6) is 0 Å². The summed E-state index contributed by atoms with van der Waals surface area (Å²) >= 11 is 0. The number of aromatic nitrogens is 3. The Morgan fingerprint density at radius 1 is 1.03 bits per heavy atom. The second-order valence-corrected chi connectivity index (χ2v) is 9.41. The summed E-state index contributed by atoms with van der Waals surface area (Å²) < 4.78 is 28.9. The van der Waals surface area contributed by atoms with Crippen molar-refractivity contribution in [2.24, 2.45) is 0 Å². The van der Waals surface area contributed by atoms with Crippen molar-refractivity contribution < 1.29 is 13.2 Å². The molecule has 1 amide bonds. The van der Waals surface area contributed by atoms with Crippen molar-refractivity contribution in [3.05, 3.63) is 71.7 Å². The summed E-state index contributed by atoms with van der Waals surface area (Å²) in [6.45, 7) is 5.08. The van der Waals surface area contributed by atoms with Crippen LogP contribution in [-0.4, -0.2) is 64.5 Å². The van der Waals surface area contributed by atoms with E-state index in [2.05, 4.69) is 10.1 Å². The van der Waals surface area contributed by atoms with E-state index in [1.165, 1.54) is 4.31 Å². The minimum absolute atomic E-state index is 0.133. The highest BCUT2D eigenvalue weighted by molar-refractivity contribution is 7.89. The van der Waals surface area contributed by atoms with Crippen LogP contribution in [0.15, 0.2) is 59.8 Å². The predicted molar refractivity (Wildman–Crippen MR) is 117 cm³/mol. The lowest BCUT2D eigenvalue weighted by atomic mass is 10.1. The Labute approximate surface area is 182 Å². The molecule has 4 rings (SSSR count). The molecule has 1 aromatic carbocycles. The van der Waals surface area contributed by atoms with Gasteiger partial charge in [0, 0.05) is 32.4 Å². The number of hydrogen-bond acceptors (Lipinski definition) is 5. The van der Waals surface area contributed by atoms with Crippen LogP contribution >= 0.6 is 0 Å². The van der Waals surface area contributed by atoms with Crippen molar-refractivity contribution in [3.63, 3.8) is 0 Å². The lowest BCUT2D eigenvalue weighted by molar-refractivity contribution is 0.0696. The molecule has 1 fully saturated rings. The van der Waals surface area contributed by atoms with Crippen LogP contribution in [0, 0.1) is 6.92 Å². The fourth-order valence-corrected chi connectivity index (χ4v) is 5.15. The van der Waals surface area contributed by atoms with E-state index in [0.717, 1.165) is 11.3 Å². The summed E-state index contributed by atoms with van der Waals surface area (Å²) in [7, 11) is -3.57. The zero-order valence-electron chi connectivity index (χ0n) is 17.6. The zero-order chi connectivity index (χ0) is 22.0. The lowest BCUT2D eigenvalue weighted by Gasteiger charge is -2.34. The Balaban J connectivity index is 1.49. The Hall–Kier alpha value is -3.04. The molecule has 0 atom stereocenters. The minimum atomic E-state index is -3.57. The van der Waals surface area contributed by atoms with E-state index >= 15 is 0 Å². The van der Waals surface area contributed by atoms with Gasteiger partial charge in [-0.1, -0.05) is 30.7 Å². The number of nitrogens with zero attached hydrogens (tertiary/aromatic N) is 5. The van der Waals surface area contributed by atoms with Gasteiger partial charge in [0.05, 0.1) is 22.3 Å². The molecule has 162 valence electrons. The molecule has 0 N–H and O–H groups in total. The molecule has 3 aromatic rings. The number of piperazine rings is 1. The molecule has 1 aliphatic rings. The first-order valence-electron chi connectivity index (χ1n) is 10.3. The molecule has 1 saturated heterocycles. The molecule has 8 nitrogen and oxygen atoms in total. The van der Waals surface area contributed by atoms with Crippen LogP contribution in [0.2, 0.25) is 0 Å². The first kappa shape index (κ1) is 21.2. The van der Waals surface area contributed by atoms with Crippen LogP contribution in [0.4, 0.5) is 0 Å². The van der Waals surface area contributed by atoms with Crippen molar-refractivity contribution >= 4 is 15.9 Å². The second-order valence-electron chi connectivity index (χ2n) is 7.47.